The smallest absolute Gasteiger partial charge is 0.276 e. The number of halogens is 3. The highest BCUT2D eigenvalue weighted by Gasteiger charge is 2.37. The quantitative estimate of drug-likeness (QED) is 0.939. The molecule has 1 heterocycles. The van der Waals surface area contributed by atoms with Crippen LogP contribution in [0.4, 0.5) is 18.9 Å². The highest BCUT2D eigenvalue weighted by molar-refractivity contribution is 7.92. The maximum Gasteiger partial charge on any atom is 0.417 e. The summed E-state index contributed by atoms with van der Waals surface area (Å²) in [4.78, 5) is -0.815. The number of nitrogens with zero attached hydrogens (tertiary/aromatic N) is 2. The first kappa shape index (κ1) is 16.3. The van der Waals surface area contributed by atoms with E-state index in [1.54, 1.807) is 20.9 Å². The summed E-state index contributed by atoms with van der Waals surface area (Å²) in [6, 6.07) is 4.04. The molecule has 0 fully saturated rings. The van der Waals surface area contributed by atoms with Crippen molar-refractivity contribution in [2.24, 2.45) is 7.05 Å². The van der Waals surface area contributed by atoms with Crippen molar-refractivity contribution < 1.29 is 21.6 Å². The highest BCUT2D eigenvalue weighted by atomic mass is 32.2. The number of anilines is 1. The molecule has 0 atom stereocenters. The van der Waals surface area contributed by atoms with Crippen molar-refractivity contribution in [3.8, 4) is 0 Å². The Morgan fingerprint density at radius 1 is 1.18 bits per heavy atom. The molecule has 0 saturated heterocycles. The van der Waals surface area contributed by atoms with Gasteiger partial charge in [0.05, 0.1) is 27.5 Å². The molecule has 1 N–H and O–H groups in total. The molecule has 0 amide bonds. The van der Waals surface area contributed by atoms with Crippen LogP contribution in [0.5, 0.6) is 0 Å². The van der Waals surface area contributed by atoms with E-state index in [2.05, 4.69) is 9.82 Å². The first-order chi connectivity index (χ1) is 10.0. The number of hydrogen-bond donors (Lipinski definition) is 1. The molecule has 2 rings (SSSR count). The number of nitrogens with one attached hydrogen (secondary N) is 1. The zero-order valence-electron chi connectivity index (χ0n) is 12.1. The fraction of sp³-hybridized carbons (Fsp3) is 0.308. The Labute approximate surface area is 125 Å². The first-order valence-corrected chi connectivity index (χ1v) is 7.71. The van der Waals surface area contributed by atoms with E-state index in [-0.39, 0.29) is 5.69 Å². The molecule has 2 aromatic rings. The molecule has 1 aromatic carbocycles. The second kappa shape index (κ2) is 5.31. The topological polar surface area (TPSA) is 64.0 Å². The predicted octanol–water partition coefficient (Wildman–Crippen LogP) is 2.86. The zero-order valence-corrected chi connectivity index (χ0v) is 12.9. The third-order valence-electron chi connectivity index (χ3n) is 3.23. The van der Waals surface area contributed by atoms with Gasteiger partial charge in [0.15, 0.2) is 0 Å². The fourth-order valence-electron chi connectivity index (χ4n) is 2.05. The van der Waals surface area contributed by atoms with Gasteiger partial charge in [0, 0.05) is 7.05 Å². The fourth-order valence-corrected chi connectivity index (χ4v) is 3.45. The standard InChI is InChI=1S/C13H14F3N3O2S/c1-8-12(9(2)19(3)17-8)18-22(20,21)11-7-5-4-6-10(11)13(14,15)16/h4-7,18H,1-3H3. The van der Waals surface area contributed by atoms with Crippen LogP contribution in [0.25, 0.3) is 0 Å². The van der Waals surface area contributed by atoms with Crippen molar-refractivity contribution in [1.29, 1.82) is 0 Å². The van der Waals surface area contributed by atoms with Gasteiger partial charge < -0.3 is 0 Å². The molecule has 0 bridgehead atoms. The Morgan fingerprint density at radius 3 is 2.27 bits per heavy atom. The van der Waals surface area contributed by atoms with Gasteiger partial charge in [0.25, 0.3) is 10.0 Å². The second-order valence-corrected chi connectivity index (χ2v) is 6.42. The van der Waals surface area contributed by atoms with E-state index in [0.717, 1.165) is 18.2 Å². The number of aromatic nitrogens is 2. The molecule has 0 aliphatic rings. The summed E-state index contributed by atoms with van der Waals surface area (Å²) in [5.41, 5.74) is -0.139. The molecule has 0 radical (unpaired) electrons. The first-order valence-electron chi connectivity index (χ1n) is 6.23. The maximum absolute atomic E-state index is 13.0. The van der Waals surface area contributed by atoms with E-state index in [4.69, 9.17) is 0 Å². The average molecular weight is 333 g/mol. The van der Waals surface area contributed by atoms with Crippen molar-refractivity contribution in [2.45, 2.75) is 24.9 Å². The number of rotatable bonds is 3. The molecule has 120 valence electrons. The summed E-state index contributed by atoms with van der Waals surface area (Å²) in [5, 5.41) is 4.03. The van der Waals surface area contributed by atoms with Gasteiger partial charge >= 0.3 is 6.18 Å². The lowest BCUT2D eigenvalue weighted by atomic mass is 10.2. The van der Waals surface area contributed by atoms with Crippen LogP contribution in [-0.4, -0.2) is 18.2 Å². The van der Waals surface area contributed by atoms with Gasteiger partial charge in [0.2, 0.25) is 0 Å². The minimum absolute atomic E-state index is 0.180. The number of benzene rings is 1. The van der Waals surface area contributed by atoms with Gasteiger partial charge in [0.1, 0.15) is 0 Å². The van der Waals surface area contributed by atoms with E-state index in [9.17, 15) is 21.6 Å². The van der Waals surface area contributed by atoms with Crippen LogP contribution >= 0.6 is 0 Å². The lowest BCUT2D eigenvalue weighted by molar-refractivity contribution is -0.139. The largest absolute Gasteiger partial charge is 0.417 e. The van der Waals surface area contributed by atoms with E-state index < -0.39 is 26.7 Å². The molecular formula is C13H14F3N3O2S. The van der Waals surface area contributed by atoms with Gasteiger partial charge in [-0.1, -0.05) is 12.1 Å². The Balaban J connectivity index is 2.53. The van der Waals surface area contributed by atoms with Gasteiger partial charge in [-0.2, -0.15) is 18.3 Å². The Bertz CT molecular complexity index is 810. The SMILES string of the molecule is Cc1nn(C)c(C)c1NS(=O)(=O)c1ccccc1C(F)(F)F. The van der Waals surface area contributed by atoms with Gasteiger partial charge in [-0.05, 0) is 26.0 Å². The minimum Gasteiger partial charge on any atom is -0.276 e. The molecule has 9 heteroatoms. The average Bonchev–Trinajstić information content (AvgIpc) is 2.64. The monoisotopic (exact) mass is 333 g/mol. The van der Waals surface area contributed by atoms with Crippen molar-refractivity contribution in [1.82, 2.24) is 9.78 Å². The molecule has 0 aliphatic carbocycles. The van der Waals surface area contributed by atoms with Gasteiger partial charge in [-0.25, -0.2) is 8.42 Å². The van der Waals surface area contributed by atoms with Gasteiger partial charge in [-0.3, -0.25) is 9.40 Å². The second-order valence-electron chi connectivity index (χ2n) is 4.77. The van der Waals surface area contributed by atoms with E-state index in [0.29, 0.717) is 11.4 Å². The van der Waals surface area contributed by atoms with Crippen LogP contribution in [0.2, 0.25) is 0 Å². The highest BCUT2D eigenvalue weighted by Crippen LogP contribution is 2.35. The summed E-state index contributed by atoms with van der Waals surface area (Å²) in [6.07, 6.45) is -4.76. The zero-order chi connectivity index (χ0) is 16.7. The molecule has 0 spiro atoms. The lowest BCUT2D eigenvalue weighted by Gasteiger charge is -2.14. The number of sulfonamides is 1. The summed E-state index contributed by atoms with van der Waals surface area (Å²) < 4.78 is 67.2. The van der Waals surface area contributed by atoms with Crippen LogP contribution in [0, 0.1) is 13.8 Å². The van der Waals surface area contributed by atoms with Crippen molar-refractivity contribution in [3.63, 3.8) is 0 Å². The van der Waals surface area contributed by atoms with Crippen LogP contribution in [0.15, 0.2) is 29.2 Å². The normalized spacial score (nSPS) is 12.5. The molecule has 5 nitrogen and oxygen atoms in total. The van der Waals surface area contributed by atoms with E-state index in [1.165, 1.54) is 10.7 Å². The molecular weight excluding hydrogens is 319 g/mol. The van der Waals surface area contributed by atoms with E-state index in [1.807, 2.05) is 0 Å². The molecule has 0 unspecified atom stereocenters. The van der Waals surface area contributed by atoms with Crippen LogP contribution in [0.1, 0.15) is 17.0 Å². The number of alkyl halides is 3. The maximum atomic E-state index is 13.0. The van der Waals surface area contributed by atoms with Crippen LogP contribution in [-0.2, 0) is 23.2 Å². The Kier molecular flexibility index (Phi) is 3.94. The van der Waals surface area contributed by atoms with Crippen molar-refractivity contribution in [3.05, 3.63) is 41.2 Å². The third kappa shape index (κ3) is 2.94. The molecule has 0 aliphatic heterocycles. The van der Waals surface area contributed by atoms with Crippen molar-refractivity contribution in [2.75, 3.05) is 4.72 Å². The molecule has 1 aromatic heterocycles. The third-order valence-corrected chi connectivity index (χ3v) is 4.64. The van der Waals surface area contributed by atoms with Crippen LogP contribution in [0.3, 0.4) is 0 Å². The molecule has 22 heavy (non-hydrogen) atoms. The lowest BCUT2D eigenvalue weighted by Crippen LogP contribution is -2.19. The minimum atomic E-state index is -4.76. The summed E-state index contributed by atoms with van der Waals surface area (Å²) in [7, 11) is -2.77. The number of hydrogen-bond acceptors (Lipinski definition) is 3. The molecule has 0 saturated carbocycles. The summed E-state index contributed by atoms with van der Waals surface area (Å²) in [5.74, 6) is 0. The van der Waals surface area contributed by atoms with E-state index >= 15 is 0 Å². The summed E-state index contributed by atoms with van der Waals surface area (Å²) in [6.45, 7) is 3.19. The predicted molar refractivity (Wildman–Crippen MR) is 74.9 cm³/mol. The number of aryl methyl sites for hydroxylation is 2. The summed E-state index contributed by atoms with van der Waals surface area (Å²) >= 11 is 0. The Hall–Kier alpha value is -2.03. The van der Waals surface area contributed by atoms with Crippen LogP contribution < -0.4 is 4.72 Å². The Morgan fingerprint density at radius 2 is 1.77 bits per heavy atom. The van der Waals surface area contributed by atoms with Gasteiger partial charge in [-0.15, -0.1) is 0 Å². The van der Waals surface area contributed by atoms with Crippen molar-refractivity contribution >= 4 is 15.7 Å².